The van der Waals surface area contributed by atoms with Crippen LogP contribution in [0.1, 0.15) is 39.0 Å². The Bertz CT molecular complexity index is 187. The first-order chi connectivity index (χ1) is 5.66. The predicted octanol–water partition coefficient (Wildman–Crippen LogP) is -1.82. The third kappa shape index (κ3) is 1.78. The first-order valence-electron chi connectivity index (χ1n) is 5.36. The smallest absolute Gasteiger partial charge is 1.00 e. The van der Waals surface area contributed by atoms with Crippen LogP contribution in [-0.2, 0) is 0 Å². The second-order valence-electron chi connectivity index (χ2n) is 5.49. The van der Waals surface area contributed by atoms with E-state index < -0.39 is 5.60 Å². The molecule has 0 aliphatic heterocycles. The van der Waals surface area contributed by atoms with Crippen molar-refractivity contribution in [2.75, 3.05) is 0 Å². The molecule has 0 heterocycles. The van der Waals surface area contributed by atoms with Crippen LogP contribution in [0.25, 0.3) is 0 Å². The standard InChI is InChI=1S/C11H17O.BrH.Mg/c1-11(12)9-3-7-2-8(5-9)6-10(11)4-7;;/h7-10H,2-6H2,1H3;1H;/q-1;;+2/p-1. The van der Waals surface area contributed by atoms with Gasteiger partial charge in [0.1, 0.15) is 0 Å². The van der Waals surface area contributed by atoms with E-state index in [2.05, 4.69) is 0 Å². The number of rotatable bonds is 0. The summed E-state index contributed by atoms with van der Waals surface area (Å²) in [5, 5.41) is 12.2. The molecule has 0 radical (unpaired) electrons. The topological polar surface area (TPSA) is 23.1 Å². The number of hydrogen-bond donors (Lipinski definition) is 0. The molecule has 4 bridgehead atoms. The van der Waals surface area contributed by atoms with Crippen molar-refractivity contribution in [1.29, 1.82) is 0 Å². The Hall–Kier alpha value is 1.21. The fourth-order valence-corrected chi connectivity index (χ4v) is 4.12. The molecule has 0 aromatic heterocycles. The predicted molar refractivity (Wildman–Crippen MR) is 51.2 cm³/mol. The maximum Gasteiger partial charge on any atom is 2.00 e. The minimum atomic E-state index is -0.548. The van der Waals surface area contributed by atoms with Gasteiger partial charge in [-0.15, -0.1) is 5.60 Å². The molecule has 4 saturated carbocycles. The third-order valence-electron chi connectivity index (χ3n) is 4.76. The van der Waals surface area contributed by atoms with Gasteiger partial charge in [-0.1, -0.05) is 18.8 Å². The van der Waals surface area contributed by atoms with Crippen LogP contribution in [0.3, 0.4) is 0 Å². The Kier molecular flexibility index (Phi) is 4.01. The summed E-state index contributed by atoms with van der Waals surface area (Å²) in [5.41, 5.74) is -0.548. The van der Waals surface area contributed by atoms with Crippen LogP contribution >= 0.6 is 0 Å². The van der Waals surface area contributed by atoms with Crippen LogP contribution < -0.4 is 22.1 Å². The maximum absolute atomic E-state index is 12.2. The van der Waals surface area contributed by atoms with Gasteiger partial charge in [0, 0.05) is 0 Å². The first-order valence-corrected chi connectivity index (χ1v) is 5.36. The molecular formula is C11H17BrMgO. The molecule has 1 nitrogen and oxygen atoms in total. The molecule has 3 heteroatoms. The van der Waals surface area contributed by atoms with Crippen LogP contribution in [-0.4, -0.2) is 28.7 Å². The monoisotopic (exact) mass is 268 g/mol. The van der Waals surface area contributed by atoms with Gasteiger partial charge in [-0.3, -0.25) is 0 Å². The van der Waals surface area contributed by atoms with Crippen LogP contribution in [0.5, 0.6) is 0 Å². The molecule has 0 atom stereocenters. The van der Waals surface area contributed by atoms with Crippen molar-refractivity contribution in [2.24, 2.45) is 23.7 Å². The fourth-order valence-electron chi connectivity index (χ4n) is 4.12. The van der Waals surface area contributed by atoms with E-state index in [1.807, 2.05) is 6.92 Å². The van der Waals surface area contributed by atoms with E-state index in [0.29, 0.717) is 11.8 Å². The van der Waals surface area contributed by atoms with E-state index in [0.717, 1.165) is 11.8 Å². The molecule has 0 aromatic rings. The second-order valence-corrected chi connectivity index (χ2v) is 5.49. The molecule has 4 rings (SSSR count). The first kappa shape index (κ1) is 13.3. The van der Waals surface area contributed by atoms with Crippen LogP contribution in [0, 0.1) is 23.7 Å². The maximum atomic E-state index is 12.2. The normalized spacial score (nSPS) is 53.6. The summed E-state index contributed by atoms with van der Waals surface area (Å²) in [4.78, 5) is 0. The zero-order chi connectivity index (χ0) is 8.34. The molecule has 0 aromatic carbocycles. The Morgan fingerprint density at radius 2 is 1.29 bits per heavy atom. The number of halogens is 1. The van der Waals surface area contributed by atoms with Crippen LogP contribution in [0.15, 0.2) is 0 Å². The van der Waals surface area contributed by atoms with Crippen LogP contribution in [0.4, 0.5) is 0 Å². The SMILES string of the molecule is CC1([O-])C2CC3CC(C2)CC1C3.[Br-].[Mg+2]. The van der Waals surface area contributed by atoms with Crippen molar-refractivity contribution >= 4 is 23.1 Å². The van der Waals surface area contributed by atoms with Gasteiger partial charge < -0.3 is 22.1 Å². The van der Waals surface area contributed by atoms with E-state index in [1.54, 1.807) is 0 Å². The summed E-state index contributed by atoms with van der Waals surface area (Å²) in [5.74, 6) is 2.95. The summed E-state index contributed by atoms with van der Waals surface area (Å²) < 4.78 is 0. The quantitative estimate of drug-likeness (QED) is 0.475. The average molecular weight is 269 g/mol. The average Bonchev–Trinajstić information content (AvgIpc) is 1.99. The van der Waals surface area contributed by atoms with Gasteiger partial charge in [0.15, 0.2) is 0 Å². The molecule has 14 heavy (non-hydrogen) atoms. The largest absolute Gasteiger partial charge is 2.00 e. The van der Waals surface area contributed by atoms with Gasteiger partial charge in [-0.25, -0.2) is 0 Å². The molecule has 0 unspecified atom stereocenters. The molecule has 0 spiro atoms. The van der Waals surface area contributed by atoms with E-state index >= 15 is 0 Å². The van der Waals surface area contributed by atoms with Gasteiger partial charge in [0.25, 0.3) is 0 Å². The van der Waals surface area contributed by atoms with E-state index in [1.165, 1.54) is 32.1 Å². The molecule has 76 valence electrons. The van der Waals surface area contributed by atoms with Gasteiger partial charge in [0.05, 0.1) is 0 Å². The van der Waals surface area contributed by atoms with E-state index in [4.69, 9.17) is 0 Å². The van der Waals surface area contributed by atoms with Crippen molar-refractivity contribution < 1.29 is 22.1 Å². The van der Waals surface area contributed by atoms with Crippen LogP contribution in [0.2, 0.25) is 0 Å². The Morgan fingerprint density at radius 3 is 1.64 bits per heavy atom. The molecule has 4 fully saturated rings. The summed E-state index contributed by atoms with van der Waals surface area (Å²) in [7, 11) is 0. The zero-order valence-corrected chi connectivity index (χ0v) is 11.8. The van der Waals surface area contributed by atoms with E-state index in [9.17, 15) is 5.11 Å². The molecule has 4 aliphatic rings. The summed E-state index contributed by atoms with van der Waals surface area (Å²) >= 11 is 0. The Labute approximate surface area is 113 Å². The van der Waals surface area contributed by atoms with Crippen molar-refractivity contribution in [3.05, 3.63) is 0 Å². The number of hydrogen-bond acceptors (Lipinski definition) is 1. The summed E-state index contributed by atoms with van der Waals surface area (Å²) in [6, 6.07) is 0. The van der Waals surface area contributed by atoms with Gasteiger partial charge >= 0.3 is 23.1 Å². The fraction of sp³-hybridized carbons (Fsp3) is 1.00. The van der Waals surface area contributed by atoms with Crippen molar-refractivity contribution in [3.63, 3.8) is 0 Å². The Morgan fingerprint density at radius 1 is 0.929 bits per heavy atom. The van der Waals surface area contributed by atoms with E-state index in [-0.39, 0.29) is 40.0 Å². The third-order valence-corrected chi connectivity index (χ3v) is 4.76. The van der Waals surface area contributed by atoms with Gasteiger partial charge in [0.2, 0.25) is 0 Å². The zero-order valence-electron chi connectivity index (χ0n) is 8.84. The Balaban J connectivity index is 0.000000490. The van der Waals surface area contributed by atoms with Crippen molar-refractivity contribution in [3.8, 4) is 0 Å². The minimum absolute atomic E-state index is 0. The van der Waals surface area contributed by atoms with Crippen molar-refractivity contribution in [2.45, 2.75) is 44.6 Å². The van der Waals surface area contributed by atoms with Crippen molar-refractivity contribution in [1.82, 2.24) is 0 Å². The molecule has 0 saturated heterocycles. The second kappa shape index (κ2) is 4.23. The van der Waals surface area contributed by atoms with Gasteiger partial charge in [-0.05, 0) is 43.9 Å². The minimum Gasteiger partial charge on any atom is -1.00 e. The summed E-state index contributed by atoms with van der Waals surface area (Å²) in [6.45, 7) is 1.97. The summed E-state index contributed by atoms with van der Waals surface area (Å²) in [6.07, 6.45) is 6.48. The van der Waals surface area contributed by atoms with Gasteiger partial charge in [-0.2, -0.15) is 0 Å². The molecule has 4 aliphatic carbocycles. The molecular weight excluding hydrogens is 252 g/mol. The molecule has 0 amide bonds. The molecule has 0 N–H and O–H groups in total.